The third-order valence-electron chi connectivity index (χ3n) is 5.38. The van der Waals surface area contributed by atoms with Crippen molar-refractivity contribution < 1.29 is 4.79 Å². The van der Waals surface area contributed by atoms with Crippen LogP contribution in [0.25, 0.3) is 0 Å². The molecule has 26 heavy (non-hydrogen) atoms. The smallest absolute Gasteiger partial charge is 0.224 e. The largest absolute Gasteiger partial charge is 0.370 e. The van der Waals surface area contributed by atoms with Crippen molar-refractivity contribution in [2.75, 3.05) is 49.1 Å². The Balaban J connectivity index is 1.28. The van der Waals surface area contributed by atoms with E-state index in [0.717, 1.165) is 56.4 Å². The number of fused-ring (bicyclic) bond motifs is 1. The van der Waals surface area contributed by atoms with Crippen LogP contribution in [0, 0.1) is 0 Å². The van der Waals surface area contributed by atoms with E-state index < -0.39 is 0 Å². The van der Waals surface area contributed by atoms with Crippen molar-refractivity contribution in [2.45, 2.75) is 12.8 Å². The molecule has 2 aromatic carbocycles. The van der Waals surface area contributed by atoms with Crippen LogP contribution in [-0.4, -0.2) is 50.1 Å². The number of carbonyl (C=O) groups is 1. The molecule has 136 valence electrons. The minimum absolute atomic E-state index is 0.264. The normalized spacial score (nSPS) is 16.7. The number of carbonyl (C=O) groups excluding carboxylic acids is 1. The van der Waals surface area contributed by atoms with Gasteiger partial charge in [0.2, 0.25) is 5.91 Å². The Hall–Kier alpha value is -2.20. The summed E-state index contributed by atoms with van der Waals surface area (Å²) in [5.41, 5.74) is 3.83. The molecule has 0 spiro atoms. The van der Waals surface area contributed by atoms with E-state index in [1.54, 1.807) is 0 Å². The Morgan fingerprint density at radius 1 is 0.962 bits per heavy atom. The maximum Gasteiger partial charge on any atom is 0.224 e. The SMILES string of the molecule is O=C(CCN1CCc2ccccc21)N1CCN(c2cccc(Cl)c2)CC1. The molecule has 5 heteroatoms. The van der Waals surface area contributed by atoms with Crippen molar-refractivity contribution in [1.29, 1.82) is 0 Å². The highest BCUT2D eigenvalue weighted by molar-refractivity contribution is 6.30. The predicted molar refractivity (Wildman–Crippen MR) is 107 cm³/mol. The second-order valence-corrected chi connectivity index (χ2v) is 7.40. The van der Waals surface area contributed by atoms with Gasteiger partial charge in [-0.1, -0.05) is 35.9 Å². The molecule has 4 rings (SSSR count). The number of nitrogens with zero attached hydrogens (tertiary/aromatic N) is 3. The Labute approximate surface area is 160 Å². The fourth-order valence-corrected chi connectivity index (χ4v) is 4.10. The van der Waals surface area contributed by atoms with E-state index >= 15 is 0 Å². The summed E-state index contributed by atoms with van der Waals surface area (Å²) in [5, 5.41) is 0.756. The molecule has 0 aromatic heterocycles. The molecule has 0 radical (unpaired) electrons. The van der Waals surface area contributed by atoms with Crippen molar-refractivity contribution >= 4 is 28.9 Å². The van der Waals surface area contributed by atoms with Gasteiger partial charge >= 0.3 is 0 Å². The van der Waals surface area contributed by atoms with E-state index in [0.29, 0.717) is 6.42 Å². The molecular weight excluding hydrogens is 346 g/mol. The number of rotatable bonds is 4. The summed E-state index contributed by atoms with van der Waals surface area (Å²) >= 11 is 6.09. The summed E-state index contributed by atoms with van der Waals surface area (Å²) in [7, 11) is 0. The molecule has 0 saturated carbocycles. The van der Waals surface area contributed by atoms with Gasteiger partial charge in [0.25, 0.3) is 0 Å². The van der Waals surface area contributed by atoms with E-state index in [4.69, 9.17) is 11.6 Å². The van der Waals surface area contributed by atoms with E-state index in [2.05, 4.69) is 40.1 Å². The number of piperazine rings is 1. The Morgan fingerprint density at radius 3 is 2.58 bits per heavy atom. The summed E-state index contributed by atoms with van der Waals surface area (Å²) < 4.78 is 0. The van der Waals surface area contributed by atoms with E-state index in [1.165, 1.54) is 11.3 Å². The lowest BCUT2D eigenvalue weighted by atomic mass is 10.2. The zero-order chi connectivity index (χ0) is 17.9. The molecule has 2 aromatic rings. The second kappa shape index (κ2) is 7.58. The molecule has 0 bridgehead atoms. The number of anilines is 2. The topological polar surface area (TPSA) is 26.8 Å². The van der Waals surface area contributed by atoms with Crippen LogP contribution in [0.1, 0.15) is 12.0 Å². The molecule has 1 fully saturated rings. The standard InChI is InChI=1S/C21H24ClN3O/c22-18-5-3-6-19(16-18)23-12-14-25(15-13-23)21(26)9-11-24-10-8-17-4-1-2-7-20(17)24/h1-7,16H,8-15H2. The highest BCUT2D eigenvalue weighted by Gasteiger charge is 2.23. The summed E-state index contributed by atoms with van der Waals surface area (Å²) in [6.07, 6.45) is 1.67. The van der Waals surface area contributed by atoms with Crippen LogP contribution >= 0.6 is 11.6 Å². The third-order valence-corrected chi connectivity index (χ3v) is 5.62. The molecule has 2 heterocycles. The van der Waals surface area contributed by atoms with Gasteiger partial charge in [-0.3, -0.25) is 4.79 Å². The van der Waals surface area contributed by atoms with Crippen LogP contribution in [-0.2, 0) is 11.2 Å². The van der Waals surface area contributed by atoms with Crippen LogP contribution < -0.4 is 9.80 Å². The van der Waals surface area contributed by atoms with Crippen LogP contribution in [0.4, 0.5) is 11.4 Å². The van der Waals surface area contributed by atoms with Gasteiger partial charge in [0.05, 0.1) is 0 Å². The number of hydrogen-bond acceptors (Lipinski definition) is 3. The first-order valence-electron chi connectivity index (χ1n) is 9.32. The first-order valence-corrected chi connectivity index (χ1v) is 9.70. The summed E-state index contributed by atoms with van der Waals surface area (Å²) in [6, 6.07) is 16.5. The molecule has 0 atom stereocenters. The highest BCUT2D eigenvalue weighted by atomic mass is 35.5. The van der Waals surface area contributed by atoms with Crippen LogP contribution in [0.5, 0.6) is 0 Å². The van der Waals surface area contributed by atoms with Gasteiger partial charge in [0.1, 0.15) is 0 Å². The number of amides is 1. The van der Waals surface area contributed by atoms with Crippen LogP contribution in [0.3, 0.4) is 0 Å². The van der Waals surface area contributed by atoms with Gasteiger partial charge in [-0.05, 0) is 36.2 Å². The molecule has 2 aliphatic heterocycles. The zero-order valence-electron chi connectivity index (χ0n) is 14.9. The molecule has 2 aliphatic rings. The van der Waals surface area contributed by atoms with Gasteiger partial charge in [-0.2, -0.15) is 0 Å². The van der Waals surface area contributed by atoms with Crippen LogP contribution in [0.15, 0.2) is 48.5 Å². The number of para-hydroxylation sites is 1. The average molecular weight is 370 g/mol. The van der Waals surface area contributed by atoms with E-state index in [9.17, 15) is 4.79 Å². The van der Waals surface area contributed by atoms with Crippen molar-refractivity contribution in [2.24, 2.45) is 0 Å². The summed E-state index contributed by atoms with van der Waals surface area (Å²) in [5.74, 6) is 0.264. The molecule has 1 saturated heterocycles. The fourth-order valence-electron chi connectivity index (χ4n) is 3.91. The lowest BCUT2D eigenvalue weighted by molar-refractivity contribution is -0.131. The van der Waals surface area contributed by atoms with Gasteiger partial charge in [-0.25, -0.2) is 0 Å². The maximum absolute atomic E-state index is 12.6. The van der Waals surface area contributed by atoms with Gasteiger partial charge in [-0.15, -0.1) is 0 Å². The fraction of sp³-hybridized carbons (Fsp3) is 0.381. The van der Waals surface area contributed by atoms with Crippen molar-refractivity contribution in [3.8, 4) is 0 Å². The first kappa shape index (κ1) is 17.2. The Morgan fingerprint density at radius 2 is 1.77 bits per heavy atom. The lowest BCUT2D eigenvalue weighted by Gasteiger charge is -2.36. The zero-order valence-corrected chi connectivity index (χ0v) is 15.7. The minimum atomic E-state index is 0.264. The Kier molecular flexibility index (Phi) is 5.02. The molecule has 1 amide bonds. The number of hydrogen-bond donors (Lipinski definition) is 0. The predicted octanol–water partition coefficient (Wildman–Crippen LogP) is 3.44. The lowest BCUT2D eigenvalue weighted by Crippen LogP contribution is -2.49. The average Bonchev–Trinajstić information content (AvgIpc) is 3.09. The van der Waals surface area contributed by atoms with Gasteiger partial charge in [0.15, 0.2) is 0 Å². The molecular formula is C21H24ClN3O. The number of benzene rings is 2. The molecule has 0 aliphatic carbocycles. The van der Waals surface area contributed by atoms with Crippen molar-refractivity contribution in [3.05, 3.63) is 59.1 Å². The molecule has 0 unspecified atom stereocenters. The van der Waals surface area contributed by atoms with Gasteiger partial charge < -0.3 is 14.7 Å². The molecule has 4 nitrogen and oxygen atoms in total. The Bertz CT molecular complexity index is 786. The molecule has 0 N–H and O–H groups in total. The van der Waals surface area contributed by atoms with E-state index in [1.807, 2.05) is 23.1 Å². The van der Waals surface area contributed by atoms with E-state index in [-0.39, 0.29) is 5.91 Å². The maximum atomic E-state index is 12.6. The van der Waals surface area contributed by atoms with Crippen LogP contribution in [0.2, 0.25) is 5.02 Å². The third kappa shape index (κ3) is 3.65. The summed E-state index contributed by atoms with van der Waals surface area (Å²) in [4.78, 5) is 19.3. The quantitative estimate of drug-likeness (QED) is 0.826. The van der Waals surface area contributed by atoms with Gasteiger partial charge in [0, 0.05) is 62.1 Å². The highest BCUT2D eigenvalue weighted by Crippen LogP contribution is 2.27. The monoisotopic (exact) mass is 369 g/mol. The van der Waals surface area contributed by atoms with Crippen molar-refractivity contribution in [1.82, 2.24) is 4.90 Å². The second-order valence-electron chi connectivity index (χ2n) is 6.96. The van der Waals surface area contributed by atoms with Crippen molar-refractivity contribution in [3.63, 3.8) is 0 Å². The minimum Gasteiger partial charge on any atom is -0.370 e. The first-order chi connectivity index (χ1) is 12.7. The summed E-state index contributed by atoms with van der Waals surface area (Å²) in [6.45, 7) is 5.11. The number of halogens is 1.